The van der Waals surface area contributed by atoms with Crippen LogP contribution in [0.15, 0.2) is 24.3 Å². The van der Waals surface area contributed by atoms with Crippen LogP contribution in [0.2, 0.25) is 5.02 Å². The second-order valence-corrected chi connectivity index (χ2v) is 5.56. The fraction of sp³-hybridized carbons (Fsp3) is 0.167. The molecule has 6 heteroatoms. The molecule has 2 heterocycles. The molecule has 0 saturated heterocycles. The first-order chi connectivity index (χ1) is 8.65. The zero-order valence-corrected chi connectivity index (χ0v) is 10.9. The van der Waals surface area contributed by atoms with E-state index < -0.39 is 0 Å². The predicted molar refractivity (Wildman–Crippen MR) is 73.1 cm³/mol. The second kappa shape index (κ2) is 4.26. The van der Waals surface area contributed by atoms with Crippen molar-refractivity contribution in [2.45, 2.75) is 12.3 Å². The summed E-state index contributed by atoms with van der Waals surface area (Å²) in [7, 11) is 0. The minimum Gasteiger partial charge on any atom is -0.375 e. The van der Waals surface area contributed by atoms with Gasteiger partial charge in [-0.05, 0) is 11.6 Å². The van der Waals surface area contributed by atoms with Crippen LogP contribution in [0.5, 0.6) is 0 Å². The molecule has 1 aliphatic heterocycles. The van der Waals surface area contributed by atoms with Crippen LogP contribution in [0.1, 0.15) is 22.8 Å². The van der Waals surface area contributed by atoms with Gasteiger partial charge in [-0.25, -0.2) is 4.98 Å². The first kappa shape index (κ1) is 11.5. The number of aromatic nitrogens is 1. The molecule has 0 fully saturated rings. The van der Waals surface area contributed by atoms with Gasteiger partial charge in [-0.3, -0.25) is 4.79 Å². The van der Waals surface area contributed by atoms with Crippen LogP contribution in [-0.2, 0) is 4.79 Å². The topological polar surface area (TPSA) is 68.0 Å². The molecular weight excluding hydrogens is 270 g/mol. The van der Waals surface area contributed by atoms with Gasteiger partial charge in [0.2, 0.25) is 5.91 Å². The van der Waals surface area contributed by atoms with Crippen molar-refractivity contribution in [1.82, 2.24) is 4.98 Å². The van der Waals surface area contributed by atoms with Crippen LogP contribution in [0, 0.1) is 0 Å². The minimum atomic E-state index is -0.0581. The van der Waals surface area contributed by atoms with E-state index >= 15 is 0 Å². The number of nitrogens with two attached hydrogens (primary N) is 1. The highest BCUT2D eigenvalue weighted by molar-refractivity contribution is 7.16. The maximum Gasteiger partial charge on any atom is 0.226 e. The molecule has 1 aliphatic rings. The number of anilines is 2. The third-order valence-corrected chi connectivity index (χ3v) is 4.26. The van der Waals surface area contributed by atoms with Crippen LogP contribution >= 0.6 is 22.9 Å². The van der Waals surface area contributed by atoms with Crippen LogP contribution in [0.3, 0.4) is 0 Å². The van der Waals surface area contributed by atoms with Gasteiger partial charge in [-0.2, -0.15) is 0 Å². The van der Waals surface area contributed by atoms with Crippen LogP contribution in [-0.4, -0.2) is 10.9 Å². The van der Waals surface area contributed by atoms with Gasteiger partial charge in [0.1, 0.15) is 5.82 Å². The molecule has 0 radical (unpaired) electrons. The third-order valence-electron chi connectivity index (χ3n) is 2.91. The fourth-order valence-electron chi connectivity index (χ4n) is 2.14. The number of amides is 1. The summed E-state index contributed by atoms with van der Waals surface area (Å²) in [5.41, 5.74) is 6.65. The Hall–Kier alpha value is -1.59. The van der Waals surface area contributed by atoms with Gasteiger partial charge in [0, 0.05) is 17.4 Å². The molecule has 2 aromatic rings. The van der Waals surface area contributed by atoms with E-state index in [4.69, 9.17) is 17.3 Å². The van der Waals surface area contributed by atoms with E-state index in [1.807, 2.05) is 24.3 Å². The summed E-state index contributed by atoms with van der Waals surface area (Å²) in [5.74, 6) is 0.452. The summed E-state index contributed by atoms with van der Waals surface area (Å²) in [6.45, 7) is 0. The Morgan fingerprint density at radius 3 is 3.00 bits per heavy atom. The predicted octanol–water partition coefficient (Wildman–Crippen LogP) is 2.85. The van der Waals surface area contributed by atoms with Crippen molar-refractivity contribution in [1.29, 1.82) is 0 Å². The molecule has 3 N–H and O–H groups in total. The van der Waals surface area contributed by atoms with E-state index in [0.29, 0.717) is 22.4 Å². The SMILES string of the molecule is Nc1nc2c(s1)C(c1ccccc1Cl)CC(=O)N2. The monoisotopic (exact) mass is 279 g/mol. The number of nitrogen functional groups attached to an aromatic ring is 1. The number of nitrogens with zero attached hydrogens (tertiary/aromatic N) is 1. The van der Waals surface area contributed by atoms with Crippen LogP contribution in [0.4, 0.5) is 10.9 Å². The highest BCUT2D eigenvalue weighted by Crippen LogP contribution is 2.43. The summed E-state index contributed by atoms with van der Waals surface area (Å²) in [6, 6.07) is 7.55. The molecule has 3 rings (SSSR count). The molecule has 1 unspecified atom stereocenters. The Morgan fingerprint density at radius 2 is 2.22 bits per heavy atom. The average molecular weight is 280 g/mol. The molecule has 4 nitrogen and oxygen atoms in total. The highest BCUT2D eigenvalue weighted by Gasteiger charge is 2.30. The molecule has 1 atom stereocenters. The van der Waals surface area contributed by atoms with Crippen molar-refractivity contribution in [3.05, 3.63) is 39.7 Å². The molecule has 92 valence electrons. The van der Waals surface area contributed by atoms with Crippen molar-refractivity contribution in [3.63, 3.8) is 0 Å². The van der Waals surface area contributed by atoms with Gasteiger partial charge in [0.05, 0.1) is 4.88 Å². The minimum absolute atomic E-state index is 0.0577. The first-order valence-electron chi connectivity index (χ1n) is 5.45. The number of carbonyl (C=O) groups excluding carboxylic acids is 1. The van der Waals surface area contributed by atoms with Gasteiger partial charge in [0.15, 0.2) is 5.13 Å². The van der Waals surface area contributed by atoms with E-state index in [0.717, 1.165) is 10.4 Å². The number of benzene rings is 1. The van der Waals surface area contributed by atoms with Crippen LogP contribution < -0.4 is 11.1 Å². The summed E-state index contributed by atoms with van der Waals surface area (Å²) in [6.07, 6.45) is 0.373. The summed E-state index contributed by atoms with van der Waals surface area (Å²) in [4.78, 5) is 16.8. The lowest BCUT2D eigenvalue weighted by Crippen LogP contribution is -2.22. The van der Waals surface area contributed by atoms with Crippen molar-refractivity contribution >= 4 is 39.8 Å². The maximum atomic E-state index is 11.7. The standard InChI is InChI=1S/C12H10ClN3OS/c13-8-4-2-1-3-6(8)7-5-9(17)15-11-10(7)18-12(14)16-11/h1-4,7H,5H2,(H2,14,16)(H,15,17). The molecule has 0 spiro atoms. The molecular formula is C12H10ClN3OS. The zero-order valence-electron chi connectivity index (χ0n) is 9.31. The van der Waals surface area contributed by atoms with Gasteiger partial charge in [-0.15, -0.1) is 0 Å². The number of nitrogens with one attached hydrogen (secondary N) is 1. The fourth-order valence-corrected chi connectivity index (χ4v) is 3.32. The molecule has 0 aliphatic carbocycles. The quantitative estimate of drug-likeness (QED) is 0.843. The summed E-state index contributed by atoms with van der Waals surface area (Å²) in [5, 5.41) is 3.86. The molecule has 1 aromatic heterocycles. The number of rotatable bonds is 1. The maximum absolute atomic E-state index is 11.7. The number of hydrogen-bond acceptors (Lipinski definition) is 4. The smallest absolute Gasteiger partial charge is 0.226 e. The lowest BCUT2D eigenvalue weighted by molar-refractivity contribution is -0.116. The number of halogens is 1. The summed E-state index contributed by atoms with van der Waals surface area (Å²) >= 11 is 7.60. The zero-order chi connectivity index (χ0) is 12.7. The Labute approximate surface area is 113 Å². The van der Waals surface area contributed by atoms with Gasteiger partial charge in [-0.1, -0.05) is 41.1 Å². The van der Waals surface area contributed by atoms with E-state index in [2.05, 4.69) is 10.3 Å². The number of hydrogen-bond donors (Lipinski definition) is 2. The van der Waals surface area contributed by atoms with Crippen molar-refractivity contribution in [2.24, 2.45) is 0 Å². The molecule has 0 saturated carbocycles. The Bertz CT molecular complexity index is 626. The lowest BCUT2D eigenvalue weighted by Gasteiger charge is -2.22. The lowest BCUT2D eigenvalue weighted by atomic mass is 9.91. The number of fused-ring (bicyclic) bond motifs is 1. The number of thiazole rings is 1. The van der Waals surface area contributed by atoms with E-state index in [9.17, 15) is 4.79 Å². The highest BCUT2D eigenvalue weighted by atomic mass is 35.5. The average Bonchev–Trinajstić information content (AvgIpc) is 2.69. The van der Waals surface area contributed by atoms with E-state index in [1.54, 1.807) is 0 Å². The first-order valence-corrected chi connectivity index (χ1v) is 6.65. The van der Waals surface area contributed by atoms with Crippen molar-refractivity contribution in [2.75, 3.05) is 11.1 Å². The number of carbonyl (C=O) groups is 1. The Balaban J connectivity index is 2.13. The molecule has 18 heavy (non-hydrogen) atoms. The van der Waals surface area contributed by atoms with Crippen LogP contribution in [0.25, 0.3) is 0 Å². The van der Waals surface area contributed by atoms with Gasteiger partial charge < -0.3 is 11.1 Å². The largest absolute Gasteiger partial charge is 0.375 e. The van der Waals surface area contributed by atoms with Gasteiger partial charge >= 0.3 is 0 Å². The third kappa shape index (κ3) is 1.85. The molecule has 1 aromatic carbocycles. The Morgan fingerprint density at radius 1 is 1.44 bits per heavy atom. The van der Waals surface area contributed by atoms with E-state index in [-0.39, 0.29) is 11.8 Å². The molecule has 0 bridgehead atoms. The normalized spacial score (nSPS) is 18.3. The Kier molecular flexibility index (Phi) is 2.72. The molecule has 1 amide bonds. The van der Waals surface area contributed by atoms with Gasteiger partial charge in [0.25, 0.3) is 0 Å². The van der Waals surface area contributed by atoms with E-state index in [1.165, 1.54) is 11.3 Å². The second-order valence-electron chi connectivity index (χ2n) is 4.09. The van der Waals surface area contributed by atoms with Crippen molar-refractivity contribution in [3.8, 4) is 0 Å². The summed E-state index contributed by atoms with van der Waals surface area (Å²) < 4.78 is 0. The van der Waals surface area contributed by atoms with Crippen molar-refractivity contribution < 1.29 is 4.79 Å².